The van der Waals surface area contributed by atoms with Crippen LogP contribution in [-0.2, 0) is 6.42 Å². The first kappa shape index (κ1) is 23.8. The lowest BCUT2D eigenvalue weighted by Crippen LogP contribution is -2.33. The summed E-state index contributed by atoms with van der Waals surface area (Å²) in [5.74, 6) is -0.972. The van der Waals surface area contributed by atoms with Gasteiger partial charge in [0.05, 0.1) is 23.4 Å². The smallest absolute Gasteiger partial charge is 0.412 e. The molecule has 3 aromatic heterocycles. The fraction of sp³-hybridized carbons (Fsp3) is 0.115. The molecule has 3 N–H and O–H groups in total. The van der Waals surface area contributed by atoms with Gasteiger partial charge in [0.25, 0.3) is 5.95 Å². The molecule has 1 amide bonds. The van der Waals surface area contributed by atoms with Gasteiger partial charge in [0.2, 0.25) is 0 Å². The first-order valence-corrected chi connectivity index (χ1v) is 11.3. The van der Waals surface area contributed by atoms with Gasteiger partial charge in [0.1, 0.15) is 22.8 Å². The normalized spacial score (nSPS) is 12.0. The van der Waals surface area contributed by atoms with E-state index in [4.69, 9.17) is 5.73 Å². The monoisotopic (exact) mass is 501 g/mol. The van der Waals surface area contributed by atoms with E-state index < -0.39 is 18.0 Å². The second-order valence-electron chi connectivity index (χ2n) is 8.29. The zero-order valence-corrected chi connectivity index (χ0v) is 19.6. The van der Waals surface area contributed by atoms with E-state index in [1.54, 1.807) is 49.5 Å². The van der Waals surface area contributed by atoms with Crippen molar-refractivity contribution in [2.45, 2.75) is 19.4 Å². The van der Waals surface area contributed by atoms with Crippen LogP contribution in [0.3, 0.4) is 0 Å². The highest BCUT2D eigenvalue weighted by molar-refractivity contribution is 5.90. The maximum atomic E-state index is 14.4. The molecule has 0 aliphatic heterocycles. The Morgan fingerprint density at radius 3 is 2.49 bits per heavy atom. The van der Waals surface area contributed by atoms with E-state index in [-0.39, 0.29) is 35.3 Å². The van der Waals surface area contributed by atoms with Gasteiger partial charge in [-0.05, 0) is 36.8 Å². The largest absolute Gasteiger partial charge is 0.465 e. The van der Waals surface area contributed by atoms with Crippen LogP contribution in [0.25, 0.3) is 17.0 Å². The molecule has 0 aliphatic carbocycles. The third-order valence-electron chi connectivity index (χ3n) is 6.01. The summed E-state index contributed by atoms with van der Waals surface area (Å²) in [5, 5.41) is 14.5. The number of carboxylic acid groups (broad SMARTS) is 1. The molecule has 9 nitrogen and oxygen atoms in total. The molecular formula is C26H21F2N7O2. The van der Waals surface area contributed by atoms with E-state index in [0.29, 0.717) is 22.3 Å². The maximum Gasteiger partial charge on any atom is 0.412 e. The Labute approximate surface area is 209 Å². The van der Waals surface area contributed by atoms with Crippen molar-refractivity contribution in [2.75, 3.05) is 10.6 Å². The SMILES string of the molecule is CC(c1ccccc1F)N(C(=O)O)c1cnc(-n2nc(Cc3ccccc3F)c3ncccc32)nc1N. The lowest BCUT2D eigenvalue weighted by atomic mass is 10.1. The number of amides is 1. The average Bonchev–Trinajstić information content (AvgIpc) is 3.25. The summed E-state index contributed by atoms with van der Waals surface area (Å²) in [6.45, 7) is 1.54. The number of nitrogen functional groups attached to an aromatic ring is 1. The van der Waals surface area contributed by atoms with Crippen LogP contribution >= 0.6 is 0 Å². The highest BCUT2D eigenvalue weighted by Crippen LogP contribution is 2.32. The molecular weight excluding hydrogens is 480 g/mol. The van der Waals surface area contributed by atoms with Crippen molar-refractivity contribution in [1.82, 2.24) is 24.7 Å². The van der Waals surface area contributed by atoms with Gasteiger partial charge in [0, 0.05) is 18.2 Å². The number of fused-ring (bicyclic) bond motifs is 1. The van der Waals surface area contributed by atoms with Gasteiger partial charge >= 0.3 is 6.09 Å². The lowest BCUT2D eigenvalue weighted by molar-refractivity contribution is 0.199. The van der Waals surface area contributed by atoms with Crippen molar-refractivity contribution in [3.8, 4) is 5.95 Å². The number of aromatic nitrogens is 5. The van der Waals surface area contributed by atoms with Crippen LogP contribution < -0.4 is 10.6 Å². The number of hydrogen-bond donors (Lipinski definition) is 2. The maximum absolute atomic E-state index is 14.4. The van der Waals surface area contributed by atoms with Gasteiger partial charge in [-0.3, -0.25) is 9.88 Å². The summed E-state index contributed by atoms with van der Waals surface area (Å²) >= 11 is 0. The second kappa shape index (κ2) is 9.61. The van der Waals surface area contributed by atoms with Crippen molar-refractivity contribution in [3.05, 3.63) is 102 Å². The van der Waals surface area contributed by atoms with Crippen LogP contribution in [0.15, 0.2) is 73.1 Å². The van der Waals surface area contributed by atoms with Crippen molar-refractivity contribution in [2.24, 2.45) is 0 Å². The Balaban J connectivity index is 1.55. The average molecular weight is 501 g/mol. The molecule has 0 saturated heterocycles. The number of pyridine rings is 1. The van der Waals surface area contributed by atoms with Gasteiger partial charge < -0.3 is 10.8 Å². The molecule has 37 heavy (non-hydrogen) atoms. The summed E-state index contributed by atoms with van der Waals surface area (Å²) in [6, 6.07) is 14.9. The Kier molecular flexibility index (Phi) is 6.18. The predicted molar refractivity (Wildman–Crippen MR) is 133 cm³/mol. The number of nitrogens with zero attached hydrogens (tertiary/aromatic N) is 6. The fourth-order valence-corrected chi connectivity index (χ4v) is 4.20. The highest BCUT2D eigenvalue weighted by Gasteiger charge is 2.28. The Bertz CT molecular complexity index is 1620. The molecule has 3 heterocycles. The molecule has 1 atom stereocenters. The Morgan fingerprint density at radius 2 is 1.78 bits per heavy atom. The number of carbonyl (C=O) groups is 1. The van der Waals surface area contributed by atoms with Crippen molar-refractivity contribution >= 4 is 28.6 Å². The summed E-state index contributed by atoms with van der Waals surface area (Å²) < 4.78 is 30.1. The van der Waals surface area contributed by atoms with E-state index in [0.717, 1.165) is 4.90 Å². The standard InChI is InChI=1S/C26H21F2N7O2/c1-15(17-8-3-5-10-19(17)28)34(26(36)37)22-14-31-25(32-24(22)29)35-21-11-6-12-30-23(21)20(33-35)13-16-7-2-4-9-18(16)27/h2-12,14-15H,13H2,1H3,(H,36,37)(H2,29,31,32). The fourth-order valence-electron chi connectivity index (χ4n) is 4.20. The minimum absolute atomic E-state index is 0.00632. The third-order valence-corrected chi connectivity index (χ3v) is 6.01. The van der Waals surface area contributed by atoms with Crippen molar-refractivity contribution in [3.63, 3.8) is 0 Å². The van der Waals surface area contributed by atoms with Gasteiger partial charge in [-0.25, -0.2) is 18.6 Å². The zero-order chi connectivity index (χ0) is 26.1. The number of nitrogens with two attached hydrogens (primary N) is 1. The lowest BCUT2D eigenvalue weighted by Gasteiger charge is -2.27. The summed E-state index contributed by atoms with van der Waals surface area (Å²) in [7, 11) is 0. The summed E-state index contributed by atoms with van der Waals surface area (Å²) in [6.07, 6.45) is 1.70. The van der Waals surface area contributed by atoms with E-state index in [1.807, 2.05) is 0 Å². The van der Waals surface area contributed by atoms with E-state index in [9.17, 15) is 18.7 Å². The molecule has 0 aliphatic rings. The van der Waals surface area contributed by atoms with Gasteiger partial charge in [-0.15, -0.1) is 0 Å². The van der Waals surface area contributed by atoms with Gasteiger partial charge in [0.15, 0.2) is 5.82 Å². The first-order valence-electron chi connectivity index (χ1n) is 11.3. The molecule has 5 aromatic rings. The summed E-state index contributed by atoms with van der Waals surface area (Å²) in [4.78, 5) is 26.1. The quantitative estimate of drug-likeness (QED) is 0.339. The number of benzene rings is 2. The number of rotatable bonds is 6. The molecule has 5 rings (SSSR count). The van der Waals surface area contributed by atoms with E-state index in [2.05, 4.69) is 20.1 Å². The second-order valence-corrected chi connectivity index (χ2v) is 8.29. The van der Waals surface area contributed by atoms with Gasteiger partial charge in [-0.2, -0.15) is 14.8 Å². The van der Waals surface area contributed by atoms with Crippen molar-refractivity contribution < 1.29 is 18.7 Å². The van der Waals surface area contributed by atoms with Crippen LogP contribution in [0.5, 0.6) is 0 Å². The Morgan fingerprint density at radius 1 is 1.05 bits per heavy atom. The van der Waals surface area contributed by atoms with E-state index >= 15 is 0 Å². The predicted octanol–water partition coefficient (Wildman–Crippen LogP) is 4.91. The van der Waals surface area contributed by atoms with Crippen LogP contribution in [0.4, 0.5) is 25.1 Å². The highest BCUT2D eigenvalue weighted by atomic mass is 19.1. The van der Waals surface area contributed by atoms with Gasteiger partial charge in [-0.1, -0.05) is 36.4 Å². The molecule has 0 saturated carbocycles. The number of halogens is 2. The molecule has 0 spiro atoms. The molecule has 186 valence electrons. The third kappa shape index (κ3) is 4.42. The topological polar surface area (TPSA) is 123 Å². The number of hydrogen-bond acceptors (Lipinski definition) is 6. The minimum atomic E-state index is -1.35. The van der Waals surface area contributed by atoms with Crippen LogP contribution in [0.2, 0.25) is 0 Å². The molecule has 0 bridgehead atoms. The molecule has 1 unspecified atom stereocenters. The van der Waals surface area contributed by atoms with Crippen LogP contribution in [-0.4, -0.2) is 35.9 Å². The van der Waals surface area contributed by atoms with Crippen LogP contribution in [0, 0.1) is 11.6 Å². The molecule has 11 heteroatoms. The minimum Gasteiger partial charge on any atom is -0.465 e. The Hall–Kier alpha value is -4.93. The van der Waals surface area contributed by atoms with Crippen molar-refractivity contribution in [1.29, 1.82) is 0 Å². The summed E-state index contributed by atoms with van der Waals surface area (Å²) in [5.41, 5.74) is 8.42. The van der Waals surface area contributed by atoms with Crippen LogP contribution in [0.1, 0.15) is 29.8 Å². The number of anilines is 2. The molecule has 0 fully saturated rings. The van der Waals surface area contributed by atoms with E-state index in [1.165, 1.54) is 35.1 Å². The zero-order valence-electron chi connectivity index (χ0n) is 19.6. The first-order chi connectivity index (χ1) is 17.8. The molecule has 0 radical (unpaired) electrons. The molecule has 2 aromatic carbocycles.